The molecule has 0 saturated heterocycles. The second-order valence-corrected chi connectivity index (χ2v) is 10.0. The van der Waals surface area contributed by atoms with Crippen LogP contribution in [0, 0.1) is 5.92 Å². The van der Waals surface area contributed by atoms with Crippen LogP contribution in [0.4, 0.5) is 5.69 Å². The van der Waals surface area contributed by atoms with Gasteiger partial charge in [-0.05, 0) is 24.3 Å². The maximum atomic E-state index is 12.8. The van der Waals surface area contributed by atoms with E-state index < -0.39 is 0 Å². The molecule has 1 amide bonds. The van der Waals surface area contributed by atoms with Crippen molar-refractivity contribution in [2.45, 2.75) is 17.5 Å². The largest absolute Gasteiger partial charge is 0.493 e. The van der Waals surface area contributed by atoms with Gasteiger partial charge in [0.05, 0.1) is 22.3 Å². The molecule has 3 aromatic rings. The van der Waals surface area contributed by atoms with Gasteiger partial charge in [-0.15, -0.1) is 11.8 Å². The van der Waals surface area contributed by atoms with Crippen molar-refractivity contribution in [1.82, 2.24) is 4.57 Å². The minimum absolute atomic E-state index is 0.0633. The van der Waals surface area contributed by atoms with Crippen LogP contribution < -0.4 is 14.9 Å². The number of thiazole rings is 1. The Balaban J connectivity index is 1.45. The van der Waals surface area contributed by atoms with Crippen LogP contribution in [0.1, 0.15) is 16.4 Å². The number of amides is 1. The number of fused-ring (bicyclic) bond motifs is 5. The molecular weight excluding hydrogens is 463 g/mol. The first kappa shape index (κ1) is 20.0. The van der Waals surface area contributed by atoms with E-state index in [4.69, 9.17) is 27.9 Å². The van der Waals surface area contributed by atoms with Crippen molar-refractivity contribution >= 4 is 57.9 Å². The Hall–Kier alpha value is -1.93. The normalized spacial score (nSPS) is 19.3. The Morgan fingerprint density at radius 3 is 2.90 bits per heavy atom. The van der Waals surface area contributed by atoms with Gasteiger partial charge in [0.25, 0.3) is 0 Å². The minimum atomic E-state index is -0.308. The quantitative estimate of drug-likeness (QED) is 0.568. The Morgan fingerprint density at radius 2 is 2.07 bits per heavy atom. The van der Waals surface area contributed by atoms with Crippen LogP contribution in [-0.4, -0.2) is 22.8 Å². The molecule has 0 saturated carbocycles. The molecule has 0 bridgehead atoms. The molecule has 154 valence electrons. The van der Waals surface area contributed by atoms with Crippen molar-refractivity contribution in [3.05, 3.63) is 72.6 Å². The van der Waals surface area contributed by atoms with Crippen LogP contribution in [0.5, 0.6) is 5.75 Å². The molecule has 0 spiro atoms. The topological polar surface area (TPSA) is 60.3 Å². The van der Waals surface area contributed by atoms with Gasteiger partial charge in [-0.3, -0.25) is 14.2 Å². The van der Waals surface area contributed by atoms with Gasteiger partial charge in [0, 0.05) is 33.1 Å². The number of hydrogen-bond acceptors (Lipinski definition) is 5. The van der Waals surface area contributed by atoms with E-state index in [1.54, 1.807) is 34.5 Å². The fourth-order valence-corrected chi connectivity index (χ4v) is 7.06. The molecule has 1 N–H and O–H groups in total. The molecule has 0 aliphatic carbocycles. The van der Waals surface area contributed by atoms with Gasteiger partial charge in [-0.2, -0.15) is 0 Å². The average molecular weight is 479 g/mol. The van der Waals surface area contributed by atoms with Gasteiger partial charge in [0.2, 0.25) is 5.91 Å². The Kier molecular flexibility index (Phi) is 5.31. The third kappa shape index (κ3) is 3.54. The number of rotatable bonds is 3. The molecule has 0 unspecified atom stereocenters. The number of halogens is 2. The van der Waals surface area contributed by atoms with Crippen molar-refractivity contribution in [3.63, 3.8) is 0 Å². The standard InChI is InChI=1S/C21H16Cl2N2O3S2/c22-12-5-6-15(14(23)7-12)24-17(26)8-25-20-19(30-21(25)27)18-11(10-29-20)9-28-16-4-2-1-3-13(16)18/h1-7,11,18H,8-10H2,(H,24,26)/t11-,18-/m1/s1. The molecule has 0 fully saturated rings. The van der Waals surface area contributed by atoms with Gasteiger partial charge >= 0.3 is 4.87 Å². The van der Waals surface area contributed by atoms with Crippen LogP contribution in [0.15, 0.2) is 52.3 Å². The molecule has 2 atom stereocenters. The van der Waals surface area contributed by atoms with Crippen molar-refractivity contribution in [3.8, 4) is 5.75 Å². The van der Waals surface area contributed by atoms with Crippen LogP contribution in [0.3, 0.4) is 0 Å². The van der Waals surface area contributed by atoms with E-state index in [0.29, 0.717) is 28.3 Å². The number of nitrogens with zero attached hydrogens (tertiary/aromatic N) is 1. The van der Waals surface area contributed by atoms with Crippen molar-refractivity contribution < 1.29 is 9.53 Å². The first-order valence-corrected chi connectivity index (χ1v) is 11.9. The lowest BCUT2D eigenvalue weighted by Crippen LogP contribution is -2.31. The monoisotopic (exact) mass is 478 g/mol. The van der Waals surface area contributed by atoms with E-state index in [9.17, 15) is 9.59 Å². The number of ether oxygens (including phenoxy) is 1. The van der Waals surface area contributed by atoms with E-state index in [0.717, 1.165) is 27.0 Å². The molecule has 5 nitrogen and oxygen atoms in total. The number of carbonyl (C=O) groups excluding carboxylic acids is 1. The third-order valence-electron chi connectivity index (χ3n) is 5.28. The van der Waals surface area contributed by atoms with E-state index >= 15 is 0 Å². The van der Waals surface area contributed by atoms with Crippen LogP contribution in [0.25, 0.3) is 0 Å². The van der Waals surface area contributed by atoms with Crippen molar-refractivity contribution in [2.24, 2.45) is 5.92 Å². The summed E-state index contributed by atoms with van der Waals surface area (Å²) >= 11 is 14.9. The zero-order valence-electron chi connectivity index (χ0n) is 15.6. The third-order valence-corrected chi connectivity index (χ3v) is 8.32. The molecule has 0 radical (unpaired) electrons. The number of carbonyl (C=O) groups is 1. The fourth-order valence-electron chi connectivity index (χ4n) is 3.92. The highest BCUT2D eigenvalue weighted by Crippen LogP contribution is 2.50. The zero-order valence-corrected chi connectivity index (χ0v) is 18.7. The Morgan fingerprint density at radius 1 is 1.23 bits per heavy atom. The summed E-state index contributed by atoms with van der Waals surface area (Å²) in [6.07, 6.45) is 0. The molecule has 2 aromatic carbocycles. The predicted molar refractivity (Wildman–Crippen MR) is 122 cm³/mol. The molecular formula is C21H16Cl2N2O3S2. The van der Waals surface area contributed by atoms with Gasteiger partial charge in [-0.1, -0.05) is 52.7 Å². The smallest absolute Gasteiger partial charge is 0.308 e. The number of anilines is 1. The minimum Gasteiger partial charge on any atom is -0.493 e. The fraction of sp³-hybridized carbons (Fsp3) is 0.238. The van der Waals surface area contributed by atoms with Gasteiger partial charge in [0.15, 0.2) is 0 Å². The first-order chi connectivity index (χ1) is 14.5. The van der Waals surface area contributed by atoms with E-state index in [2.05, 4.69) is 11.4 Å². The molecule has 2 aliphatic rings. The number of benzene rings is 2. The predicted octanol–water partition coefficient (Wildman–Crippen LogP) is 5.10. The summed E-state index contributed by atoms with van der Waals surface area (Å²) in [6.45, 7) is 0.571. The lowest BCUT2D eigenvalue weighted by atomic mass is 9.84. The first-order valence-electron chi connectivity index (χ1n) is 9.34. The molecule has 2 aliphatic heterocycles. The molecule has 30 heavy (non-hydrogen) atoms. The van der Waals surface area contributed by atoms with Crippen LogP contribution in [-0.2, 0) is 11.3 Å². The summed E-state index contributed by atoms with van der Waals surface area (Å²) in [6, 6.07) is 12.8. The summed E-state index contributed by atoms with van der Waals surface area (Å²) in [5.41, 5.74) is 1.58. The maximum Gasteiger partial charge on any atom is 0.308 e. The molecule has 1 aromatic heterocycles. The van der Waals surface area contributed by atoms with Crippen molar-refractivity contribution in [1.29, 1.82) is 0 Å². The molecule has 5 rings (SSSR count). The molecule has 9 heteroatoms. The number of para-hydroxylation sites is 1. The number of aromatic nitrogens is 1. The number of thioether (sulfide) groups is 1. The number of nitrogens with one attached hydrogen (secondary N) is 1. The summed E-state index contributed by atoms with van der Waals surface area (Å²) in [4.78, 5) is 26.3. The lowest BCUT2D eigenvalue weighted by Gasteiger charge is -2.36. The highest BCUT2D eigenvalue weighted by atomic mass is 35.5. The second kappa shape index (κ2) is 7.96. The Labute approximate surface area is 191 Å². The summed E-state index contributed by atoms with van der Waals surface area (Å²) in [5, 5.41) is 4.49. The van der Waals surface area contributed by atoms with Crippen molar-refractivity contribution in [2.75, 3.05) is 17.7 Å². The Bertz CT molecular complexity index is 1210. The molecule has 3 heterocycles. The van der Waals surface area contributed by atoms with Crippen LogP contribution in [0.2, 0.25) is 10.0 Å². The van der Waals surface area contributed by atoms with Gasteiger partial charge in [0.1, 0.15) is 12.3 Å². The number of hydrogen-bond donors (Lipinski definition) is 1. The summed E-state index contributed by atoms with van der Waals surface area (Å²) in [7, 11) is 0. The van der Waals surface area contributed by atoms with E-state index in [-0.39, 0.29) is 23.2 Å². The maximum absolute atomic E-state index is 12.8. The SMILES string of the molecule is O=C(Cn1c2c(sc1=O)[C@H]1c3ccccc3OC[C@@H]1CS2)Nc1ccc(Cl)cc1Cl. The average Bonchev–Trinajstić information content (AvgIpc) is 3.05. The summed E-state index contributed by atoms with van der Waals surface area (Å²) < 4.78 is 7.48. The lowest BCUT2D eigenvalue weighted by molar-refractivity contribution is -0.116. The summed E-state index contributed by atoms with van der Waals surface area (Å²) in [5.74, 6) is 1.84. The van der Waals surface area contributed by atoms with Crippen LogP contribution >= 0.6 is 46.3 Å². The van der Waals surface area contributed by atoms with E-state index in [1.807, 2.05) is 18.2 Å². The van der Waals surface area contributed by atoms with Gasteiger partial charge in [-0.25, -0.2) is 0 Å². The zero-order chi connectivity index (χ0) is 20.8. The highest BCUT2D eigenvalue weighted by molar-refractivity contribution is 7.99. The highest BCUT2D eigenvalue weighted by Gasteiger charge is 2.39. The van der Waals surface area contributed by atoms with Gasteiger partial charge < -0.3 is 10.1 Å². The second-order valence-electron chi connectivity index (χ2n) is 7.19. The van der Waals surface area contributed by atoms with E-state index in [1.165, 1.54) is 11.3 Å².